The Kier molecular flexibility index (Phi) is 7.14. The molecule has 1 spiro atoms. The van der Waals surface area contributed by atoms with Gasteiger partial charge in [-0.3, -0.25) is 9.59 Å². The Balaban J connectivity index is 1.35. The van der Waals surface area contributed by atoms with Gasteiger partial charge in [-0.05, 0) is 46.5 Å². The van der Waals surface area contributed by atoms with Crippen LogP contribution in [0, 0.1) is 5.92 Å². The Morgan fingerprint density at radius 2 is 1.38 bits per heavy atom. The molecule has 3 aliphatic heterocycles. The molecular weight excluding hydrogens is 652 g/mol. The minimum Gasteiger partial charge on any atom is -0.451 e. The predicted octanol–water partition coefficient (Wildman–Crippen LogP) is 7.76. The van der Waals surface area contributed by atoms with Gasteiger partial charge in [0.05, 0.1) is 12.0 Å². The van der Waals surface area contributed by atoms with Gasteiger partial charge in [-0.15, -0.1) is 0 Å². The number of fused-ring (bicyclic) bond motifs is 6. The quantitative estimate of drug-likeness (QED) is 0.147. The van der Waals surface area contributed by atoms with Gasteiger partial charge in [0.25, 0.3) is 0 Å². The SMILES string of the molecule is O=C(OC(c1ccccc1)c1ccccc1)[C@@H]1[C@@H](C(=O)c2ccc(Br)cc2)[C@]2(C(=O)Nc3ccccc32)[C@H]2C=Cc3ccccc3N12. The second-order valence-electron chi connectivity index (χ2n) is 12.1. The van der Waals surface area contributed by atoms with E-state index in [1.165, 1.54) is 0 Å². The number of hydrogen-bond acceptors (Lipinski definition) is 5. The summed E-state index contributed by atoms with van der Waals surface area (Å²) in [7, 11) is 0. The topological polar surface area (TPSA) is 75.7 Å². The Bertz CT molecular complexity index is 2010. The lowest BCUT2D eigenvalue weighted by atomic mass is 9.64. The molecule has 0 unspecified atom stereocenters. The molecule has 0 aliphatic carbocycles. The monoisotopic (exact) mass is 680 g/mol. The number of para-hydroxylation sites is 2. The maximum absolute atomic E-state index is 15.0. The van der Waals surface area contributed by atoms with E-state index in [1.807, 2.05) is 126 Å². The number of nitrogens with one attached hydrogen (secondary N) is 1. The lowest BCUT2D eigenvalue weighted by Crippen LogP contribution is -2.51. The molecule has 0 bridgehead atoms. The fourth-order valence-corrected chi connectivity index (χ4v) is 7.92. The summed E-state index contributed by atoms with van der Waals surface area (Å²) in [6.45, 7) is 0. The first-order valence-electron chi connectivity index (χ1n) is 15.5. The van der Waals surface area contributed by atoms with E-state index in [-0.39, 0.29) is 11.7 Å². The van der Waals surface area contributed by atoms with E-state index in [4.69, 9.17) is 4.74 Å². The van der Waals surface area contributed by atoms with Crippen molar-refractivity contribution in [1.29, 1.82) is 0 Å². The summed E-state index contributed by atoms with van der Waals surface area (Å²) in [5.74, 6) is -2.32. The lowest BCUT2D eigenvalue weighted by Gasteiger charge is -2.37. The summed E-state index contributed by atoms with van der Waals surface area (Å²) in [6, 6.07) is 39.7. The largest absolute Gasteiger partial charge is 0.451 e. The van der Waals surface area contributed by atoms with Crippen LogP contribution in [-0.2, 0) is 19.7 Å². The average Bonchev–Trinajstić information content (AvgIpc) is 3.60. The minimum atomic E-state index is -1.41. The zero-order valence-electron chi connectivity index (χ0n) is 25.1. The fraction of sp³-hybridized carbons (Fsp3) is 0.125. The van der Waals surface area contributed by atoms with Gasteiger partial charge in [-0.1, -0.05) is 137 Å². The van der Waals surface area contributed by atoms with Crippen LogP contribution in [0.15, 0.2) is 144 Å². The number of anilines is 2. The highest BCUT2D eigenvalue weighted by Crippen LogP contribution is 2.58. The standard InChI is InChI=1S/C40H29BrN2O4/c41-29-22-19-26(20-23-29)36(44)34-35(38(45)47-37(27-12-3-1-4-13-27)28-14-5-2-6-15-28)43-32-18-10-7-11-25(32)21-24-33(43)40(34)30-16-8-9-17-31(30)42-39(40)46/h1-24,33-35,37H,(H,42,46)/t33-,34+,35+,40-/m1/s1. The molecule has 1 saturated heterocycles. The zero-order valence-corrected chi connectivity index (χ0v) is 26.7. The van der Waals surface area contributed by atoms with Crippen molar-refractivity contribution in [1.82, 2.24) is 0 Å². The molecule has 3 heterocycles. The maximum Gasteiger partial charge on any atom is 0.330 e. The highest BCUT2D eigenvalue weighted by molar-refractivity contribution is 9.10. The molecule has 5 aromatic rings. The van der Waals surface area contributed by atoms with Crippen molar-refractivity contribution in [2.24, 2.45) is 5.92 Å². The average molecular weight is 682 g/mol. The van der Waals surface area contributed by atoms with Crippen molar-refractivity contribution in [3.63, 3.8) is 0 Å². The number of hydrogen-bond donors (Lipinski definition) is 1. The smallest absolute Gasteiger partial charge is 0.330 e. The van der Waals surface area contributed by atoms with Gasteiger partial charge < -0.3 is 15.0 Å². The van der Waals surface area contributed by atoms with Gasteiger partial charge in [0.15, 0.2) is 11.9 Å². The van der Waals surface area contributed by atoms with Crippen LogP contribution in [-0.4, -0.2) is 29.7 Å². The van der Waals surface area contributed by atoms with Crippen LogP contribution >= 0.6 is 15.9 Å². The number of carbonyl (C=O) groups excluding carboxylic acids is 3. The molecule has 4 atom stereocenters. The van der Waals surface area contributed by atoms with Crippen molar-refractivity contribution in [2.45, 2.75) is 23.6 Å². The third-order valence-electron chi connectivity index (χ3n) is 9.63. The van der Waals surface area contributed by atoms with Gasteiger partial charge >= 0.3 is 5.97 Å². The molecule has 1 fully saturated rings. The Morgan fingerprint density at radius 1 is 0.766 bits per heavy atom. The van der Waals surface area contributed by atoms with Crippen molar-refractivity contribution in [3.05, 3.63) is 172 Å². The molecule has 0 radical (unpaired) electrons. The number of halogens is 1. The molecule has 8 rings (SSSR count). The number of ketones is 1. The Hall–Kier alpha value is -5.27. The first-order valence-corrected chi connectivity index (χ1v) is 16.3. The maximum atomic E-state index is 15.0. The molecule has 3 aliphatic rings. The molecule has 0 aromatic heterocycles. The third-order valence-corrected chi connectivity index (χ3v) is 10.2. The van der Waals surface area contributed by atoms with Crippen molar-refractivity contribution >= 4 is 51.0 Å². The van der Waals surface area contributed by atoms with E-state index in [0.717, 1.165) is 26.9 Å². The van der Waals surface area contributed by atoms with E-state index >= 15 is 9.59 Å². The first-order chi connectivity index (χ1) is 23.0. The lowest BCUT2D eigenvalue weighted by molar-refractivity contribution is -0.150. The van der Waals surface area contributed by atoms with Crippen LogP contribution in [0.2, 0.25) is 0 Å². The van der Waals surface area contributed by atoms with E-state index in [2.05, 4.69) is 21.2 Å². The van der Waals surface area contributed by atoms with Gasteiger partial charge in [-0.25, -0.2) is 4.79 Å². The van der Waals surface area contributed by atoms with Crippen LogP contribution in [0.4, 0.5) is 11.4 Å². The van der Waals surface area contributed by atoms with Crippen LogP contribution in [0.3, 0.4) is 0 Å². The summed E-state index contributed by atoms with van der Waals surface area (Å²) < 4.78 is 7.35. The van der Waals surface area contributed by atoms with Gasteiger partial charge in [0.2, 0.25) is 5.91 Å². The van der Waals surface area contributed by atoms with Crippen LogP contribution in [0.1, 0.15) is 38.7 Å². The summed E-state index contributed by atoms with van der Waals surface area (Å²) in [5.41, 5.74) is 3.58. The molecule has 47 heavy (non-hydrogen) atoms. The predicted molar refractivity (Wildman–Crippen MR) is 185 cm³/mol. The molecule has 230 valence electrons. The molecule has 1 N–H and O–H groups in total. The summed E-state index contributed by atoms with van der Waals surface area (Å²) >= 11 is 3.48. The number of rotatable bonds is 6. The van der Waals surface area contributed by atoms with Crippen LogP contribution in [0.25, 0.3) is 6.08 Å². The van der Waals surface area contributed by atoms with Crippen molar-refractivity contribution in [2.75, 3.05) is 10.2 Å². The first kappa shape index (κ1) is 29.2. The molecule has 6 nitrogen and oxygen atoms in total. The number of nitrogens with zero attached hydrogens (tertiary/aromatic N) is 1. The summed E-state index contributed by atoms with van der Waals surface area (Å²) in [4.78, 5) is 46.6. The van der Waals surface area contributed by atoms with E-state index in [9.17, 15) is 4.79 Å². The zero-order chi connectivity index (χ0) is 32.1. The van der Waals surface area contributed by atoms with Gasteiger partial charge in [0.1, 0.15) is 11.5 Å². The van der Waals surface area contributed by atoms with E-state index in [0.29, 0.717) is 16.8 Å². The number of Topliss-reactive ketones (excluding diaryl/α,β-unsaturated/α-hetero) is 1. The van der Waals surface area contributed by atoms with E-state index < -0.39 is 35.5 Å². The van der Waals surface area contributed by atoms with Crippen LogP contribution < -0.4 is 10.2 Å². The summed E-state index contributed by atoms with van der Waals surface area (Å²) in [5, 5.41) is 3.07. The Labute approximate surface area is 280 Å². The number of ether oxygens (including phenoxy) is 1. The number of esters is 1. The highest BCUT2D eigenvalue weighted by atomic mass is 79.9. The summed E-state index contributed by atoms with van der Waals surface area (Å²) in [6.07, 6.45) is 3.21. The highest BCUT2D eigenvalue weighted by Gasteiger charge is 2.71. The molecular formula is C40H29BrN2O4. The molecule has 1 amide bonds. The molecule has 0 saturated carbocycles. The van der Waals surface area contributed by atoms with Gasteiger partial charge in [-0.2, -0.15) is 0 Å². The van der Waals surface area contributed by atoms with Crippen molar-refractivity contribution < 1.29 is 19.1 Å². The van der Waals surface area contributed by atoms with Gasteiger partial charge in [0, 0.05) is 21.4 Å². The second kappa shape index (κ2) is 11.5. The molecule has 7 heteroatoms. The van der Waals surface area contributed by atoms with Crippen molar-refractivity contribution in [3.8, 4) is 0 Å². The number of benzene rings is 5. The number of carbonyl (C=O) groups is 3. The third kappa shape index (κ3) is 4.56. The minimum absolute atomic E-state index is 0.303. The van der Waals surface area contributed by atoms with E-state index in [1.54, 1.807) is 24.3 Å². The normalized spacial score (nSPS) is 22.0. The second-order valence-corrected chi connectivity index (χ2v) is 13.0. The number of amides is 1. The molecule has 5 aromatic carbocycles. The Morgan fingerprint density at radius 3 is 2.09 bits per heavy atom. The fourth-order valence-electron chi connectivity index (χ4n) is 7.66. The van der Waals surface area contributed by atoms with Crippen LogP contribution in [0.5, 0.6) is 0 Å².